The van der Waals surface area contributed by atoms with Gasteiger partial charge in [-0.15, -0.1) is 0 Å². The Kier molecular flexibility index (Phi) is 4.64. The molecule has 7 nitrogen and oxygen atoms in total. The third kappa shape index (κ3) is 3.37. The summed E-state index contributed by atoms with van der Waals surface area (Å²) in [6, 6.07) is 0.391. The summed E-state index contributed by atoms with van der Waals surface area (Å²) in [4.78, 5) is 0.319. The van der Waals surface area contributed by atoms with Crippen LogP contribution in [0, 0.1) is 5.92 Å². The SMILES string of the molecule is O=S(=O)(c1cnn(C2CCOCC2)c1)N(CC1CCOC1)C1CC1. The first-order chi connectivity index (χ1) is 11.6. The van der Waals surface area contributed by atoms with E-state index in [9.17, 15) is 8.42 Å². The highest BCUT2D eigenvalue weighted by Gasteiger charge is 2.40. The molecule has 1 saturated carbocycles. The second-order valence-corrected chi connectivity index (χ2v) is 8.93. The van der Waals surface area contributed by atoms with E-state index in [2.05, 4.69) is 5.10 Å². The van der Waals surface area contributed by atoms with Gasteiger partial charge in [-0.3, -0.25) is 4.68 Å². The number of aromatic nitrogens is 2. The number of hydrogen-bond donors (Lipinski definition) is 0. The van der Waals surface area contributed by atoms with Crippen molar-refractivity contribution < 1.29 is 17.9 Å². The van der Waals surface area contributed by atoms with Gasteiger partial charge >= 0.3 is 0 Å². The molecule has 0 bridgehead atoms. The summed E-state index contributed by atoms with van der Waals surface area (Å²) in [5, 5.41) is 4.33. The zero-order valence-electron chi connectivity index (χ0n) is 13.8. The largest absolute Gasteiger partial charge is 0.381 e. The lowest BCUT2D eigenvalue weighted by Crippen LogP contribution is -2.37. The van der Waals surface area contributed by atoms with Gasteiger partial charge in [0.15, 0.2) is 0 Å². The Hall–Kier alpha value is -0.960. The average molecular weight is 355 g/mol. The van der Waals surface area contributed by atoms with Crippen molar-refractivity contribution in [2.75, 3.05) is 33.0 Å². The number of rotatable bonds is 6. The molecule has 3 heterocycles. The smallest absolute Gasteiger partial charge is 0.246 e. The highest BCUT2D eigenvalue weighted by Crippen LogP contribution is 2.34. The van der Waals surface area contributed by atoms with Crippen molar-refractivity contribution in [3.63, 3.8) is 0 Å². The standard InChI is InChI=1S/C16H25N3O4S/c20-24(21,19(15-1-2-15)10-13-3-6-23-12-13)16-9-17-18(11-16)14-4-7-22-8-5-14/h9,11,13-15H,1-8,10,12H2. The highest BCUT2D eigenvalue weighted by atomic mass is 32.2. The quantitative estimate of drug-likeness (QED) is 0.772. The van der Waals surface area contributed by atoms with Crippen molar-refractivity contribution >= 4 is 10.0 Å². The van der Waals surface area contributed by atoms with Gasteiger partial charge in [-0.05, 0) is 38.0 Å². The molecule has 3 fully saturated rings. The van der Waals surface area contributed by atoms with Gasteiger partial charge < -0.3 is 9.47 Å². The van der Waals surface area contributed by atoms with Crippen LogP contribution >= 0.6 is 0 Å². The normalized spacial score (nSPS) is 26.3. The molecule has 1 aliphatic carbocycles. The van der Waals surface area contributed by atoms with Gasteiger partial charge in [-0.25, -0.2) is 8.42 Å². The number of ether oxygens (including phenoxy) is 2. The minimum atomic E-state index is -3.48. The molecule has 24 heavy (non-hydrogen) atoms. The van der Waals surface area contributed by atoms with Crippen LogP contribution < -0.4 is 0 Å². The van der Waals surface area contributed by atoms with Crippen molar-refractivity contribution in [1.29, 1.82) is 0 Å². The first kappa shape index (κ1) is 16.5. The fourth-order valence-corrected chi connectivity index (χ4v) is 5.23. The second-order valence-electron chi connectivity index (χ2n) is 7.04. The van der Waals surface area contributed by atoms with Crippen LogP contribution in [0.4, 0.5) is 0 Å². The van der Waals surface area contributed by atoms with E-state index in [0.29, 0.717) is 37.2 Å². The van der Waals surface area contributed by atoms with Crippen LogP contribution in [-0.2, 0) is 19.5 Å². The van der Waals surface area contributed by atoms with Crippen molar-refractivity contribution in [1.82, 2.24) is 14.1 Å². The Morgan fingerprint density at radius 2 is 1.88 bits per heavy atom. The molecular formula is C16H25N3O4S. The lowest BCUT2D eigenvalue weighted by Gasteiger charge is -2.24. The molecule has 0 spiro atoms. The molecule has 8 heteroatoms. The van der Waals surface area contributed by atoms with Gasteiger partial charge in [-0.2, -0.15) is 9.40 Å². The summed E-state index contributed by atoms with van der Waals surface area (Å²) >= 11 is 0. The molecule has 0 radical (unpaired) electrons. The van der Waals surface area contributed by atoms with E-state index < -0.39 is 10.0 Å². The zero-order chi connectivity index (χ0) is 16.6. The lowest BCUT2D eigenvalue weighted by atomic mass is 10.1. The summed E-state index contributed by atoms with van der Waals surface area (Å²) in [6.07, 6.45) is 7.83. The van der Waals surface area contributed by atoms with Crippen LogP contribution in [0.15, 0.2) is 17.3 Å². The van der Waals surface area contributed by atoms with Crippen LogP contribution in [0.5, 0.6) is 0 Å². The van der Waals surface area contributed by atoms with Gasteiger partial charge in [0.1, 0.15) is 4.90 Å². The first-order valence-corrected chi connectivity index (χ1v) is 10.3. The topological polar surface area (TPSA) is 73.7 Å². The molecule has 2 aliphatic heterocycles. The number of sulfonamides is 1. The molecule has 1 aromatic heterocycles. The van der Waals surface area contributed by atoms with Gasteiger partial charge in [0.25, 0.3) is 0 Å². The van der Waals surface area contributed by atoms with Gasteiger partial charge in [0.05, 0.1) is 18.8 Å². The Morgan fingerprint density at radius 1 is 1.12 bits per heavy atom. The van der Waals surface area contributed by atoms with Crippen LogP contribution in [0.3, 0.4) is 0 Å². The Bertz CT molecular complexity index is 659. The molecule has 0 aromatic carbocycles. The van der Waals surface area contributed by atoms with Crippen LogP contribution in [0.2, 0.25) is 0 Å². The van der Waals surface area contributed by atoms with E-state index in [1.165, 1.54) is 6.20 Å². The van der Waals surface area contributed by atoms with E-state index in [1.807, 2.05) is 0 Å². The molecule has 2 saturated heterocycles. The Morgan fingerprint density at radius 3 is 2.54 bits per heavy atom. The van der Waals surface area contributed by atoms with E-state index in [-0.39, 0.29) is 12.1 Å². The first-order valence-electron chi connectivity index (χ1n) is 8.86. The minimum Gasteiger partial charge on any atom is -0.381 e. The predicted molar refractivity (Wildman–Crippen MR) is 87.2 cm³/mol. The van der Waals surface area contributed by atoms with E-state index >= 15 is 0 Å². The van der Waals surface area contributed by atoms with E-state index in [1.54, 1.807) is 15.2 Å². The molecule has 134 valence electrons. The summed E-state index contributed by atoms with van der Waals surface area (Å²) in [7, 11) is -3.48. The van der Waals surface area contributed by atoms with Crippen LogP contribution in [0.25, 0.3) is 0 Å². The third-order valence-corrected chi connectivity index (χ3v) is 7.04. The molecule has 0 N–H and O–H groups in total. The van der Waals surface area contributed by atoms with Gasteiger partial charge in [-0.1, -0.05) is 0 Å². The molecule has 1 unspecified atom stereocenters. The molecule has 1 atom stereocenters. The van der Waals surface area contributed by atoms with Crippen LogP contribution in [0.1, 0.15) is 38.1 Å². The number of nitrogens with zero attached hydrogens (tertiary/aromatic N) is 3. The fraction of sp³-hybridized carbons (Fsp3) is 0.812. The third-order valence-electron chi connectivity index (χ3n) is 5.17. The Balaban J connectivity index is 1.52. The monoisotopic (exact) mass is 355 g/mol. The molecule has 0 amide bonds. The van der Waals surface area contributed by atoms with Crippen molar-refractivity contribution in [2.24, 2.45) is 5.92 Å². The summed E-state index contributed by atoms with van der Waals surface area (Å²) in [6.45, 7) is 3.39. The molecule has 1 aromatic rings. The van der Waals surface area contributed by atoms with Gasteiger partial charge in [0, 0.05) is 38.6 Å². The van der Waals surface area contributed by atoms with Crippen molar-refractivity contribution in [3.05, 3.63) is 12.4 Å². The minimum absolute atomic E-state index is 0.155. The molecule has 4 rings (SSSR count). The maximum absolute atomic E-state index is 13.1. The maximum Gasteiger partial charge on any atom is 0.246 e. The summed E-state index contributed by atoms with van der Waals surface area (Å²) in [5.41, 5.74) is 0. The average Bonchev–Trinajstić information content (AvgIpc) is 3.10. The predicted octanol–water partition coefficient (Wildman–Crippen LogP) is 1.42. The molecule has 3 aliphatic rings. The zero-order valence-corrected chi connectivity index (χ0v) is 14.7. The van der Waals surface area contributed by atoms with Crippen molar-refractivity contribution in [2.45, 2.75) is 49.1 Å². The second kappa shape index (κ2) is 6.74. The lowest BCUT2D eigenvalue weighted by molar-refractivity contribution is 0.0662. The van der Waals surface area contributed by atoms with E-state index in [0.717, 1.165) is 38.7 Å². The van der Waals surface area contributed by atoms with Crippen molar-refractivity contribution in [3.8, 4) is 0 Å². The van der Waals surface area contributed by atoms with Gasteiger partial charge in [0.2, 0.25) is 10.0 Å². The van der Waals surface area contributed by atoms with Crippen LogP contribution in [-0.4, -0.2) is 61.5 Å². The summed E-state index contributed by atoms with van der Waals surface area (Å²) in [5.74, 6) is 0.311. The maximum atomic E-state index is 13.1. The highest BCUT2D eigenvalue weighted by molar-refractivity contribution is 7.89. The summed E-state index contributed by atoms with van der Waals surface area (Å²) < 4.78 is 40.5. The van der Waals surface area contributed by atoms with E-state index in [4.69, 9.17) is 9.47 Å². The fourth-order valence-electron chi connectivity index (χ4n) is 3.53. The Labute approximate surface area is 143 Å². The molecular weight excluding hydrogens is 330 g/mol. The number of hydrogen-bond acceptors (Lipinski definition) is 5.